The number of carboxylic acids is 1. The average Bonchev–Trinajstić information content (AvgIpc) is 1.99. The van der Waals surface area contributed by atoms with E-state index < -0.39 is 5.97 Å². The number of carbonyl (C=O) groups is 1. The highest BCUT2D eigenvalue weighted by atomic mass is 79.9. The number of carboxylic acid groups (broad SMARTS) is 1. The van der Waals surface area contributed by atoms with Gasteiger partial charge in [-0.1, -0.05) is 0 Å². The lowest BCUT2D eigenvalue weighted by Crippen LogP contribution is -2.11. The van der Waals surface area contributed by atoms with E-state index in [9.17, 15) is 4.79 Å². The molecular formula is C10H12BrNO3. The maximum atomic E-state index is 11.0. The number of aryl methyl sites for hydroxylation is 1. The molecule has 0 fully saturated rings. The third-order valence-corrected chi connectivity index (χ3v) is 2.22. The number of hydrogen-bond acceptors (Lipinski definition) is 3. The van der Waals surface area contributed by atoms with Crippen molar-refractivity contribution >= 4 is 21.9 Å². The van der Waals surface area contributed by atoms with Gasteiger partial charge in [0.25, 0.3) is 0 Å². The number of hydrogen-bond donors (Lipinski definition) is 1. The molecule has 1 aromatic heterocycles. The smallest absolute Gasteiger partial charge is 0.342 e. The Balaban J connectivity index is 3.27. The number of aromatic nitrogens is 1. The van der Waals surface area contributed by atoms with Gasteiger partial charge in [0, 0.05) is 11.8 Å². The van der Waals surface area contributed by atoms with E-state index in [0.29, 0.717) is 16.0 Å². The summed E-state index contributed by atoms with van der Waals surface area (Å²) in [6.45, 7) is 5.47. The van der Waals surface area contributed by atoms with Crippen LogP contribution in [0, 0.1) is 6.92 Å². The summed E-state index contributed by atoms with van der Waals surface area (Å²) in [5.74, 6) is -0.707. The van der Waals surface area contributed by atoms with Gasteiger partial charge in [0.15, 0.2) is 0 Å². The SMILES string of the molecule is Cc1cc(OC(C)C)c(C(=O)O)c(Br)n1. The lowest BCUT2D eigenvalue weighted by molar-refractivity contribution is 0.0689. The molecular weight excluding hydrogens is 262 g/mol. The molecule has 4 nitrogen and oxygen atoms in total. The summed E-state index contributed by atoms with van der Waals surface area (Å²) < 4.78 is 5.71. The molecule has 0 radical (unpaired) electrons. The Morgan fingerprint density at radius 1 is 1.60 bits per heavy atom. The number of pyridine rings is 1. The van der Waals surface area contributed by atoms with Crippen molar-refractivity contribution < 1.29 is 14.6 Å². The van der Waals surface area contributed by atoms with Crippen LogP contribution in [0.1, 0.15) is 29.9 Å². The fourth-order valence-electron chi connectivity index (χ4n) is 1.15. The highest BCUT2D eigenvalue weighted by molar-refractivity contribution is 9.10. The molecule has 0 aliphatic rings. The van der Waals surface area contributed by atoms with Crippen LogP contribution >= 0.6 is 15.9 Å². The monoisotopic (exact) mass is 273 g/mol. The number of halogens is 1. The molecule has 0 bridgehead atoms. The van der Waals surface area contributed by atoms with Crippen LogP contribution in [0.15, 0.2) is 10.7 Å². The van der Waals surface area contributed by atoms with Gasteiger partial charge in [0.1, 0.15) is 15.9 Å². The van der Waals surface area contributed by atoms with Gasteiger partial charge in [-0.2, -0.15) is 0 Å². The molecule has 0 aliphatic heterocycles. The molecule has 0 amide bonds. The summed E-state index contributed by atoms with van der Waals surface area (Å²) in [4.78, 5) is 15.0. The van der Waals surface area contributed by atoms with Gasteiger partial charge < -0.3 is 9.84 Å². The predicted molar refractivity (Wildman–Crippen MR) is 59.4 cm³/mol. The number of aromatic carboxylic acids is 1. The Morgan fingerprint density at radius 3 is 2.67 bits per heavy atom. The fraction of sp³-hybridized carbons (Fsp3) is 0.400. The van der Waals surface area contributed by atoms with Crippen LogP contribution in [0.25, 0.3) is 0 Å². The zero-order valence-electron chi connectivity index (χ0n) is 8.74. The van der Waals surface area contributed by atoms with Crippen LogP contribution in [0.2, 0.25) is 0 Å². The highest BCUT2D eigenvalue weighted by Crippen LogP contribution is 2.27. The van der Waals surface area contributed by atoms with Gasteiger partial charge >= 0.3 is 5.97 Å². The van der Waals surface area contributed by atoms with E-state index in [-0.39, 0.29) is 11.7 Å². The largest absolute Gasteiger partial charge is 0.490 e. The molecule has 1 N–H and O–H groups in total. The molecule has 1 aromatic rings. The molecule has 0 aromatic carbocycles. The lowest BCUT2D eigenvalue weighted by Gasteiger charge is -2.13. The van der Waals surface area contributed by atoms with Gasteiger partial charge in [0.05, 0.1) is 6.10 Å². The Kier molecular flexibility index (Phi) is 3.68. The summed E-state index contributed by atoms with van der Waals surface area (Å²) >= 11 is 3.12. The number of nitrogens with zero attached hydrogens (tertiary/aromatic N) is 1. The Morgan fingerprint density at radius 2 is 2.20 bits per heavy atom. The molecule has 15 heavy (non-hydrogen) atoms. The van der Waals surface area contributed by atoms with Gasteiger partial charge in [-0.05, 0) is 36.7 Å². The van der Waals surface area contributed by atoms with Crippen molar-refractivity contribution in [3.63, 3.8) is 0 Å². The first kappa shape index (κ1) is 12.0. The summed E-state index contributed by atoms with van der Waals surface area (Å²) in [6.07, 6.45) is -0.0724. The zero-order valence-corrected chi connectivity index (χ0v) is 10.3. The zero-order chi connectivity index (χ0) is 11.6. The van der Waals surface area contributed by atoms with Crippen LogP contribution in [-0.4, -0.2) is 22.2 Å². The van der Waals surface area contributed by atoms with Crippen molar-refractivity contribution in [3.05, 3.63) is 21.9 Å². The van der Waals surface area contributed by atoms with Gasteiger partial charge in [-0.15, -0.1) is 0 Å². The van der Waals surface area contributed by atoms with E-state index >= 15 is 0 Å². The van der Waals surface area contributed by atoms with Crippen LogP contribution in [0.4, 0.5) is 0 Å². The molecule has 82 valence electrons. The highest BCUT2D eigenvalue weighted by Gasteiger charge is 2.18. The van der Waals surface area contributed by atoms with Crippen LogP contribution in [-0.2, 0) is 0 Å². The third-order valence-electron chi connectivity index (χ3n) is 1.64. The van der Waals surface area contributed by atoms with Crippen LogP contribution in [0.3, 0.4) is 0 Å². The normalized spacial score (nSPS) is 10.5. The average molecular weight is 274 g/mol. The van der Waals surface area contributed by atoms with Crippen molar-refractivity contribution in [1.82, 2.24) is 4.98 Å². The van der Waals surface area contributed by atoms with E-state index in [4.69, 9.17) is 9.84 Å². The van der Waals surface area contributed by atoms with Crippen molar-refractivity contribution in [2.24, 2.45) is 0 Å². The van der Waals surface area contributed by atoms with Gasteiger partial charge in [0.2, 0.25) is 0 Å². The van der Waals surface area contributed by atoms with E-state index in [1.54, 1.807) is 13.0 Å². The van der Waals surface area contributed by atoms with E-state index in [1.807, 2.05) is 13.8 Å². The maximum absolute atomic E-state index is 11.0. The molecule has 0 aliphatic carbocycles. The quantitative estimate of drug-likeness (QED) is 0.861. The van der Waals surface area contributed by atoms with Gasteiger partial charge in [-0.3, -0.25) is 0 Å². The van der Waals surface area contributed by atoms with E-state index in [0.717, 1.165) is 0 Å². The molecule has 1 rings (SSSR count). The fourth-order valence-corrected chi connectivity index (χ4v) is 1.79. The number of ether oxygens (including phenoxy) is 1. The predicted octanol–water partition coefficient (Wildman–Crippen LogP) is 2.64. The summed E-state index contributed by atoms with van der Waals surface area (Å²) in [5.41, 5.74) is 0.775. The van der Waals surface area contributed by atoms with E-state index in [1.165, 1.54) is 0 Å². The van der Waals surface area contributed by atoms with E-state index in [2.05, 4.69) is 20.9 Å². The van der Waals surface area contributed by atoms with Crippen molar-refractivity contribution in [1.29, 1.82) is 0 Å². The number of rotatable bonds is 3. The third kappa shape index (κ3) is 2.92. The summed E-state index contributed by atoms with van der Waals surface area (Å²) in [6, 6.07) is 1.62. The lowest BCUT2D eigenvalue weighted by atomic mass is 10.2. The molecule has 1 heterocycles. The van der Waals surface area contributed by atoms with Gasteiger partial charge in [-0.25, -0.2) is 9.78 Å². The second-order valence-electron chi connectivity index (χ2n) is 3.40. The minimum atomic E-state index is -1.05. The summed E-state index contributed by atoms with van der Waals surface area (Å²) in [5, 5.41) is 9.00. The van der Waals surface area contributed by atoms with Crippen molar-refractivity contribution in [2.75, 3.05) is 0 Å². The molecule has 0 saturated carbocycles. The first-order valence-corrected chi connectivity index (χ1v) is 5.28. The second-order valence-corrected chi connectivity index (χ2v) is 4.15. The van der Waals surface area contributed by atoms with Crippen LogP contribution in [0.5, 0.6) is 5.75 Å². The first-order chi connectivity index (χ1) is 6.91. The standard InChI is InChI=1S/C10H12BrNO3/c1-5(2)15-7-4-6(3)12-9(11)8(7)10(13)14/h4-5H,1-3H3,(H,13,14). The van der Waals surface area contributed by atoms with Crippen LogP contribution < -0.4 is 4.74 Å². The van der Waals surface area contributed by atoms with Crippen molar-refractivity contribution in [3.8, 4) is 5.75 Å². The summed E-state index contributed by atoms with van der Waals surface area (Å²) in [7, 11) is 0. The Labute approximate surface area is 96.4 Å². The minimum absolute atomic E-state index is 0.0642. The minimum Gasteiger partial charge on any atom is -0.490 e. The molecule has 0 saturated heterocycles. The molecule has 0 unspecified atom stereocenters. The molecule has 0 atom stereocenters. The first-order valence-electron chi connectivity index (χ1n) is 4.49. The topological polar surface area (TPSA) is 59.4 Å². The molecule has 5 heteroatoms. The maximum Gasteiger partial charge on any atom is 0.342 e. The van der Waals surface area contributed by atoms with Crippen molar-refractivity contribution in [2.45, 2.75) is 26.9 Å². The molecule has 0 spiro atoms. The Bertz CT molecular complexity index is 390. The Hall–Kier alpha value is -1.10. The second kappa shape index (κ2) is 4.61.